The predicted molar refractivity (Wildman–Crippen MR) is 93.7 cm³/mol. The molecule has 2 heterocycles. The standard InChI is InChI=1S/C19H11F2N5O/c1-25-10-24-26-17(9-23-18(26)19(25)27)11-2-5-16(21)15(7-11)14-4-3-13(20)6-12(14)8-22/h2-7,9-10H,1H3. The summed E-state index contributed by atoms with van der Waals surface area (Å²) >= 11 is 0. The summed E-state index contributed by atoms with van der Waals surface area (Å²) in [4.78, 5) is 16.2. The summed E-state index contributed by atoms with van der Waals surface area (Å²) in [5.41, 5.74) is 1.30. The Hall–Kier alpha value is -3.86. The summed E-state index contributed by atoms with van der Waals surface area (Å²) in [5.74, 6) is -1.13. The zero-order chi connectivity index (χ0) is 19.1. The Morgan fingerprint density at radius 3 is 2.70 bits per heavy atom. The normalized spacial score (nSPS) is 10.9. The van der Waals surface area contributed by atoms with Crippen LogP contribution in [0.25, 0.3) is 28.0 Å². The fourth-order valence-corrected chi connectivity index (χ4v) is 2.88. The van der Waals surface area contributed by atoms with E-state index in [0.717, 1.165) is 6.07 Å². The quantitative estimate of drug-likeness (QED) is 0.549. The third-order valence-electron chi connectivity index (χ3n) is 4.24. The van der Waals surface area contributed by atoms with Crippen LogP contribution in [-0.4, -0.2) is 19.2 Å². The van der Waals surface area contributed by atoms with Crippen LogP contribution in [0.5, 0.6) is 0 Å². The van der Waals surface area contributed by atoms with E-state index in [1.807, 2.05) is 6.07 Å². The van der Waals surface area contributed by atoms with E-state index in [1.54, 1.807) is 7.05 Å². The molecule has 0 radical (unpaired) electrons. The summed E-state index contributed by atoms with van der Waals surface area (Å²) < 4.78 is 30.5. The maximum Gasteiger partial charge on any atom is 0.296 e. The zero-order valence-electron chi connectivity index (χ0n) is 14.0. The Bertz CT molecular complexity index is 1300. The van der Waals surface area contributed by atoms with E-state index in [1.165, 1.54) is 51.9 Å². The Labute approximate surface area is 151 Å². The van der Waals surface area contributed by atoms with Gasteiger partial charge < -0.3 is 0 Å². The molecule has 0 fully saturated rings. The van der Waals surface area contributed by atoms with Gasteiger partial charge in [-0.1, -0.05) is 6.07 Å². The van der Waals surface area contributed by atoms with E-state index >= 15 is 0 Å². The van der Waals surface area contributed by atoms with E-state index in [4.69, 9.17) is 0 Å². The summed E-state index contributed by atoms with van der Waals surface area (Å²) in [6.07, 6.45) is 2.83. The number of halogens is 2. The lowest BCUT2D eigenvalue weighted by atomic mass is 9.97. The molecule has 132 valence electrons. The molecular formula is C19H11F2N5O. The third-order valence-corrected chi connectivity index (χ3v) is 4.24. The molecule has 0 spiro atoms. The van der Waals surface area contributed by atoms with Crippen molar-refractivity contribution in [1.29, 1.82) is 5.26 Å². The van der Waals surface area contributed by atoms with Crippen molar-refractivity contribution < 1.29 is 8.78 Å². The molecule has 8 heteroatoms. The molecule has 2 aromatic heterocycles. The second-order valence-corrected chi connectivity index (χ2v) is 5.92. The fourth-order valence-electron chi connectivity index (χ4n) is 2.88. The highest BCUT2D eigenvalue weighted by atomic mass is 19.1. The first-order valence-electron chi connectivity index (χ1n) is 7.89. The lowest BCUT2D eigenvalue weighted by molar-refractivity contribution is 0.625. The molecular weight excluding hydrogens is 352 g/mol. The zero-order valence-corrected chi connectivity index (χ0v) is 14.0. The molecule has 0 saturated heterocycles. The molecule has 0 aliphatic heterocycles. The SMILES string of the molecule is Cn1cnn2c(-c3ccc(F)c(-c4ccc(F)cc4C#N)c3)cnc2c1=O. The van der Waals surface area contributed by atoms with Gasteiger partial charge in [-0.25, -0.2) is 18.3 Å². The predicted octanol–water partition coefficient (Wildman–Crippen LogP) is 2.91. The van der Waals surface area contributed by atoms with E-state index in [9.17, 15) is 18.8 Å². The first kappa shape index (κ1) is 16.6. The van der Waals surface area contributed by atoms with Gasteiger partial charge in [0.25, 0.3) is 5.56 Å². The van der Waals surface area contributed by atoms with Crippen molar-refractivity contribution in [3.8, 4) is 28.5 Å². The van der Waals surface area contributed by atoms with Crippen molar-refractivity contribution in [2.75, 3.05) is 0 Å². The smallest absolute Gasteiger partial charge is 0.296 e. The second kappa shape index (κ2) is 6.14. The molecule has 2 aromatic carbocycles. The van der Waals surface area contributed by atoms with Gasteiger partial charge in [0.05, 0.1) is 23.5 Å². The molecule has 0 saturated carbocycles. The minimum absolute atomic E-state index is 0.0242. The number of hydrogen-bond donors (Lipinski definition) is 0. The molecule has 0 aliphatic rings. The molecule has 0 unspecified atom stereocenters. The van der Waals surface area contributed by atoms with Crippen molar-refractivity contribution >= 4 is 5.65 Å². The molecule has 4 aromatic rings. The number of aryl methyl sites for hydroxylation is 1. The first-order valence-corrected chi connectivity index (χ1v) is 7.89. The molecule has 6 nitrogen and oxygen atoms in total. The first-order chi connectivity index (χ1) is 13.0. The average molecular weight is 363 g/mol. The highest BCUT2D eigenvalue weighted by molar-refractivity contribution is 5.76. The second-order valence-electron chi connectivity index (χ2n) is 5.92. The van der Waals surface area contributed by atoms with Crippen molar-refractivity contribution in [3.05, 3.63) is 76.5 Å². The van der Waals surface area contributed by atoms with Crippen LogP contribution in [0.4, 0.5) is 8.78 Å². The van der Waals surface area contributed by atoms with Gasteiger partial charge in [0.1, 0.15) is 18.0 Å². The third kappa shape index (κ3) is 2.66. The van der Waals surface area contributed by atoms with Crippen LogP contribution >= 0.6 is 0 Å². The maximum atomic E-state index is 14.5. The summed E-state index contributed by atoms with van der Waals surface area (Å²) in [6.45, 7) is 0. The van der Waals surface area contributed by atoms with E-state index in [-0.39, 0.29) is 27.9 Å². The lowest BCUT2D eigenvalue weighted by Gasteiger charge is -2.09. The summed E-state index contributed by atoms with van der Waals surface area (Å²) in [7, 11) is 1.57. The van der Waals surface area contributed by atoms with Crippen LogP contribution in [-0.2, 0) is 7.05 Å². The van der Waals surface area contributed by atoms with Gasteiger partial charge >= 0.3 is 0 Å². The van der Waals surface area contributed by atoms with Crippen LogP contribution in [0.1, 0.15) is 5.56 Å². The van der Waals surface area contributed by atoms with Gasteiger partial charge in [-0.05, 0) is 30.3 Å². The number of hydrogen-bond acceptors (Lipinski definition) is 4. The van der Waals surface area contributed by atoms with Crippen molar-refractivity contribution in [3.63, 3.8) is 0 Å². The monoisotopic (exact) mass is 363 g/mol. The minimum atomic E-state index is -0.575. The Kier molecular flexibility index (Phi) is 3.78. The Balaban J connectivity index is 1.94. The minimum Gasteiger partial charge on any atom is -0.298 e. The van der Waals surface area contributed by atoms with E-state index < -0.39 is 11.6 Å². The molecule has 27 heavy (non-hydrogen) atoms. The number of nitriles is 1. The highest BCUT2D eigenvalue weighted by Gasteiger charge is 2.15. The van der Waals surface area contributed by atoms with Crippen LogP contribution in [0, 0.1) is 23.0 Å². The van der Waals surface area contributed by atoms with E-state index in [0.29, 0.717) is 11.3 Å². The topological polar surface area (TPSA) is 76.0 Å². The number of rotatable bonds is 2. The number of aromatic nitrogens is 4. The van der Waals surface area contributed by atoms with Gasteiger partial charge in [-0.2, -0.15) is 10.4 Å². The number of imidazole rings is 1. The van der Waals surface area contributed by atoms with Gasteiger partial charge in [-0.15, -0.1) is 0 Å². The van der Waals surface area contributed by atoms with Crippen molar-refractivity contribution in [2.24, 2.45) is 7.05 Å². The summed E-state index contributed by atoms with van der Waals surface area (Å²) in [5, 5.41) is 13.4. The maximum absolute atomic E-state index is 14.5. The Morgan fingerprint density at radius 1 is 1.11 bits per heavy atom. The van der Waals surface area contributed by atoms with Crippen LogP contribution < -0.4 is 5.56 Å². The average Bonchev–Trinajstić information content (AvgIpc) is 3.10. The molecule has 0 atom stereocenters. The number of fused-ring (bicyclic) bond motifs is 1. The Morgan fingerprint density at radius 2 is 1.93 bits per heavy atom. The molecule has 0 bridgehead atoms. The molecule has 0 amide bonds. The van der Waals surface area contributed by atoms with Crippen LogP contribution in [0.2, 0.25) is 0 Å². The highest BCUT2D eigenvalue weighted by Crippen LogP contribution is 2.31. The van der Waals surface area contributed by atoms with Crippen molar-refractivity contribution in [1.82, 2.24) is 19.2 Å². The van der Waals surface area contributed by atoms with Gasteiger partial charge in [0.15, 0.2) is 0 Å². The molecule has 0 aliphatic carbocycles. The van der Waals surface area contributed by atoms with Crippen LogP contribution in [0.3, 0.4) is 0 Å². The molecule has 0 N–H and O–H groups in total. The van der Waals surface area contributed by atoms with Gasteiger partial charge in [0.2, 0.25) is 5.65 Å². The van der Waals surface area contributed by atoms with Gasteiger partial charge in [0, 0.05) is 23.7 Å². The number of benzene rings is 2. The summed E-state index contributed by atoms with van der Waals surface area (Å²) in [6, 6.07) is 9.75. The van der Waals surface area contributed by atoms with Crippen molar-refractivity contribution in [2.45, 2.75) is 0 Å². The molecule has 4 rings (SSSR count). The van der Waals surface area contributed by atoms with Crippen LogP contribution in [0.15, 0.2) is 53.7 Å². The largest absolute Gasteiger partial charge is 0.298 e. The van der Waals surface area contributed by atoms with Gasteiger partial charge in [-0.3, -0.25) is 9.36 Å². The fraction of sp³-hybridized carbons (Fsp3) is 0.0526. The number of nitrogens with zero attached hydrogens (tertiary/aromatic N) is 5. The van der Waals surface area contributed by atoms with E-state index in [2.05, 4.69) is 10.1 Å². The lowest BCUT2D eigenvalue weighted by Crippen LogP contribution is -2.20.